The largest absolute Gasteiger partial charge is 0.497 e. The van der Waals surface area contributed by atoms with Crippen LogP contribution in [0, 0.1) is 0 Å². The molecule has 0 saturated heterocycles. The molecule has 0 saturated carbocycles. The van der Waals surface area contributed by atoms with Crippen LogP contribution in [0.2, 0.25) is 0 Å². The summed E-state index contributed by atoms with van der Waals surface area (Å²) in [6, 6.07) is 7.90. The SMILES string of the molecule is C=C(S)Cc1cccc(OC)c1. The van der Waals surface area contributed by atoms with Gasteiger partial charge in [0.05, 0.1) is 7.11 Å². The van der Waals surface area contributed by atoms with Gasteiger partial charge in [-0.25, -0.2) is 0 Å². The number of methoxy groups -OCH3 is 1. The van der Waals surface area contributed by atoms with Crippen molar-refractivity contribution < 1.29 is 4.74 Å². The number of allylic oxidation sites excluding steroid dienone is 1. The zero-order chi connectivity index (χ0) is 8.97. The average Bonchev–Trinajstić information content (AvgIpc) is 2.03. The number of hydrogen-bond acceptors (Lipinski definition) is 2. The van der Waals surface area contributed by atoms with Gasteiger partial charge in [-0.3, -0.25) is 0 Å². The Morgan fingerprint density at radius 2 is 2.33 bits per heavy atom. The molecule has 0 amide bonds. The molecule has 0 aromatic heterocycles. The van der Waals surface area contributed by atoms with Gasteiger partial charge in [0.2, 0.25) is 0 Å². The van der Waals surface area contributed by atoms with Gasteiger partial charge < -0.3 is 4.74 Å². The van der Waals surface area contributed by atoms with Crippen molar-refractivity contribution in [1.29, 1.82) is 0 Å². The summed E-state index contributed by atoms with van der Waals surface area (Å²) < 4.78 is 5.08. The Kier molecular flexibility index (Phi) is 3.23. The van der Waals surface area contributed by atoms with Crippen molar-refractivity contribution in [2.24, 2.45) is 0 Å². The minimum absolute atomic E-state index is 0.792. The second-order valence-corrected chi connectivity index (χ2v) is 3.23. The van der Waals surface area contributed by atoms with Crippen LogP contribution in [0.25, 0.3) is 0 Å². The van der Waals surface area contributed by atoms with E-state index < -0.39 is 0 Å². The fourth-order valence-corrected chi connectivity index (χ4v) is 1.20. The summed E-state index contributed by atoms with van der Waals surface area (Å²) in [6.07, 6.45) is 0.792. The van der Waals surface area contributed by atoms with Gasteiger partial charge in [-0.1, -0.05) is 18.7 Å². The van der Waals surface area contributed by atoms with Crippen LogP contribution >= 0.6 is 12.6 Å². The molecule has 1 aromatic rings. The molecule has 1 rings (SSSR count). The summed E-state index contributed by atoms with van der Waals surface area (Å²) in [4.78, 5) is 0.864. The van der Waals surface area contributed by atoms with Crippen LogP contribution in [0.4, 0.5) is 0 Å². The van der Waals surface area contributed by atoms with Crippen LogP contribution in [0.15, 0.2) is 35.7 Å². The van der Waals surface area contributed by atoms with E-state index in [0.717, 1.165) is 17.1 Å². The highest BCUT2D eigenvalue weighted by Crippen LogP contribution is 2.15. The van der Waals surface area contributed by atoms with Crippen LogP contribution in [0.1, 0.15) is 5.56 Å². The van der Waals surface area contributed by atoms with Crippen molar-refractivity contribution in [2.45, 2.75) is 6.42 Å². The predicted octanol–water partition coefficient (Wildman–Crippen LogP) is 2.68. The Balaban J connectivity index is 2.79. The molecule has 1 nitrogen and oxygen atoms in total. The standard InChI is InChI=1S/C10H12OS/c1-8(12)6-9-4-3-5-10(7-9)11-2/h3-5,7,12H,1,6H2,2H3. The molecule has 0 N–H and O–H groups in total. The molecular formula is C10H12OS. The summed E-state index contributed by atoms with van der Waals surface area (Å²) in [5.41, 5.74) is 1.18. The second kappa shape index (κ2) is 4.21. The molecule has 0 aliphatic heterocycles. The van der Waals surface area contributed by atoms with Crippen molar-refractivity contribution in [3.8, 4) is 5.75 Å². The smallest absolute Gasteiger partial charge is 0.119 e. The highest BCUT2D eigenvalue weighted by atomic mass is 32.1. The van der Waals surface area contributed by atoms with E-state index in [1.807, 2.05) is 24.3 Å². The predicted molar refractivity (Wildman–Crippen MR) is 54.8 cm³/mol. The first-order valence-corrected chi connectivity index (χ1v) is 4.17. The molecule has 2 heteroatoms. The van der Waals surface area contributed by atoms with Gasteiger partial charge >= 0.3 is 0 Å². The summed E-state index contributed by atoms with van der Waals surface area (Å²) >= 11 is 4.14. The minimum Gasteiger partial charge on any atom is -0.497 e. The molecule has 0 aliphatic carbocycles. The third-order valence-electron chi connectivity index (χ3n) is 1.54. The third kappa shape index (κ3) is 2.62. The summed E-state index contributed by atoms with van der Waals surface area (Å²) in [5.74, 6) is 0.877. The van der Waals surface area contributed by atoms with Gasteiger partial charge in [-0.05, 0) is 22.6 Å². The van der Waals surface area contributed by atoms with E-state index in [1.165, 1.54) is 5.56 Å². The monoisotopic (exact) mass is 180 g/mol. The number of benzene rings is 1. The van der Waals surface area contributed by atoms with Crippen molar-refractivity contribution in [3.05, 3.63) is 41.3 Å². The molecule has 0 radical (unpaired) electrons. The lowest BCUT2D eigenvalue weighted by atomic mass is 10.1. The maximum Gasteiger partial charge on any atom is 0.119 e. The van der Waals surface area contributed by atoms with E-state index in [4.69, 9.17) is 4.74 Å². The third-order valence-corrected chi connectivity index (χ3v) is 1.70. The van der Waals surface area contributed by atoms with E-state index in [2.05, 4.69) is 19.2 Å². The Labute approximate surface area is 78.5 Å². The number of hydrogen-bond donors (Lipinski definition) is 1. The topological polar surface area (TPSA) is 9.23 Å². The molecule has 12 heavy (non-hydrogen) atoms. The molecule has 0 aliphatic rings. The Bertz CT molecular complexity index is 281. The minimum atomic E-state index is 0.792. The molecule has 0 unspecified atom stereocenters. The maximum atomic E-state index is 5.08. The van der Waals surface area contributed by atoms with Crippen molar-refractivity contribution >= 4 is 12.6 Å². The number of ether oxygens (including phenoxy) is 1. The summed E-state index contributed by atoms with van der Waals surface area (Å²) in [6.45, 7) is 3.73. The Morgan fingerprint density at radius 1 is 1.58 bits per heavy atom. The Morgan fingerprint density at radius 3 is 2.92 bits per heavy atom. The number of rotatable bonds is 3. The second-order valence-electron chi connectivity index (χ2n) is 2.59. The lowest BCUT2D eigenvalue weighted by molar-refractivity contribution is 0.414. The number of thiol groups is 1. The zero-order valence-corrected chi connectivity index (χ0v) is 7.97. The van der Waals surface area contributed by atoms with E-state index in [0.29, 0.717) is 0 Å². The van der Waals surface area contributed by atoms with Crippen molar-refractivity contribution in [2.75, 3.05) is 7.11 Å². The molecule has 0 atom stereocenters. The van der Waals surface area contributed by atoms with Crippen LogP contribution in [-0.4, -0.2) is 7.11 Å². The molecule has 0 fully saturated rings. The lowest BCUT2D eigenvalue weighted by Gasteiger charge is -2.02. The fourth-order valence-electron chi connectivity index (χ4n) is 1.02. The van der Waals surface area contributed by atoms with E-state index in [1.54, 1.807) is 7.11 Å². The average molecular weight is 180 g/mol. The highest BCUT2D eigenvalue weighted by Gasteiger charge is 1.95. The van der Waals surface area contributed by atoms with Crippen LogP contribution in [0.3, 0.4) is 0 Å². The molecule has 0 heterocycles. The zero-order valence-electron chi connectivity index (χ0n) is 7.08. The van der Waals surface area contributed by atoms with Crippen LogP contribution < -0.4 is 4.74 Å². The first-order valence-electron chi connectivity index (χ1n) is 3.72. The Hall–Kier alpha value is -0.890. The maximum absolute atomic E-state index is 5.08. The summed E-state index contributed by atoms with van der Waals surface area (Å²) in [7, 11) is 1.66. The first kappa shape index (κ1) is 9.20. The van der Waals surface area contributed by atoms with Gasteiger partial charge in [0.25, 0.3) is 0 Å². The van der Waals surface area contributed by atoms with E-state index >= 15 is 0 Å². The first-order chi connectivity index (χ1) is 5.72. The van der Waals surface area contributed by atoms with Crippen LogP contribution in [-0.2, 0) is 6.42 Å². The fraction of sp³-hybridized carbons (Fsp3) is 0.200. The molecule has 0 spiro atoms. The highest BCUT2D eigenvalue weighted by molar-refractivity contribution is 7.84. The normalized spacial score (nSPS) is 9.50. The quantitative estimate of drug-likeness (QED) is 0.704. The van der Waals surface area contributed by atoms with Gasteiger partial charge in [-0.2, -0.15) is 0 Å². The van der Waals surface area contributed by atoms with Gasteiger partial charge in [-0.15, -0.1) is 12.6 Å². The lowest BCUT2D eigenvalue weighted by Crippen LogP contribution is -1.86. The van der Waals surface area contributed by atoms with Crippen molar-refractivity contribution in [1.82, 2.24) is 0 Å². The van der Waals surface area contributed by atoms with Gasteiger partial charge in [0.1, 0.15) is 5.75 Å². The summed E-state index contributed by atoms with van der Waals surface area (Å²) in [5, 5.41) is 0. The van der Waals surface area contributed by atoms with Gasteiger partial charge in [0, 0.05) is 6.42 Å². The van der Waals surface area contributed by atoms with E-state index in [-0.39, 0.29) is 0 Å². The van der Waals surface area contributed by atoms with Crippen molar-refractivity contribution in [3.63, 3.8) is 0 Å². The van der Waals surface area contributed by atoms with E-state index in [9.17, 15) is 0 Å². The van der Waals surface area contributed by atoms with Crippen LogP contribution in [0.5, 0.6) is 5.75 Å². The molecule has 0 bridgehead atoms. The van der Waals surface area contributed by atoms with Gasteiger partial charge in [0.15, 0.2) is 0 Å². The molecule has 1 aromatic carbocycles. The molecule has 64 valence electrons. The molecular weight excluding hydrogens is 168 g/mol.